The lowest BCUT2D eigenvalue weighted by atomic mass is 10.3. The topological polar surface area (TPSA) is 91.4 Å². The molecule has 0 aliphatic heterocycles. The van der Waals surface area contributed by atoms with Gasteiger partial charge in [0.1, 0.15) is 5.82 Å². The zero-order valence-electron chi connectivity index (χ0n) is 12.0. The molecular formula is C13H17N7S. The molecule has 0 unspecified atom stereocenters. The molecule has 0 fully saturated rings. The summed E-state index contributed by atoms with van der Waals surface area (Å²) in [4.78, 5) is 13.3. The van der Waals surface area contributed by atoms with Gasteiger partial charge in [0.05, 0.1) is 22.3 Å². The molecule has 3 aromatic rings. The standard InChI is InChI=1S/C13H17N7S/c1-3-14-13-18-11(10-6-16-20-12(10)19-13)15-5-4-9-7-21-8(2)17-9/h6-7H,3-5H2,1-2H3,(H3,14,15,16,18,19,20). The molecule has 0 saturated heterocycles. The summed E-state index contributed by atoms with van der Waals surface area (Å²) >= 11 is 1.67. The van der Waals surface area contributed by atoms with E-state index in [0.717, 1.165) is 47.1 Å². The molecule has 3 heterocycles. The molecule has 7 nitrogen and oxygen atoms in total. The molecule has 0 atom stereocenters. The minimum atomic E-state index is 0.598. The van der Waals surface area contributed by atoms with Crippen LogP contribution in [0.2, 0.25) is 0 Å². The van der Waals surface area contributed by atoms with Gasteiger partial charge in [-0.3, -0.25) is 5.10 Å². The molecule has 0 amide bonds. The number of nitrogens with one attached hydrogen (secondary N) is 3. The molecule has 0 aliphatic carbocycles. The van der Waals surface area contributed by atoms with Crippen molar-refractivity contribution in [2.75, 3.05) is 23.7 Å². The van der Waals surface area contributed by atoms with Crippen molar-refractivity contribution in [1.29, 1.82) is 0 Å². The molecule has 0 aliphatic rings. The van der Waals surface area contributed by atoms with E-state index in [1.165, 1.54) is 0 Å². The summed E-state index contributed by atoms with van der Waals surface area (Å²) in [6.07, 6.45) is 2.60. The van der Waals surface area contributed by atoms with Crippen molar-refractivity contribution in [3.05, 3.63) is 22.3 Å². The molecule has 8 heteroatoms. The number of anilines is 2. The van der Waals surface area contributed by atoms with Gasteiger partial charge in [-0.05, 0) is 13.8 Å². The van der Waals surface area contributed by atoms with Crippen LogP contribution in [-0.2, 0) is 6.42 Å². The van der Waals surface area contributed by atoms with Crippen molar-refractivity contribution in [3.8, 4) is 0 Å². The quantitative estimate of drug-likeness (QED) is 0.646. The van der Waals surface area contributed by atoms with Gasteiger partial charge < -0.3 is 10.6 Å². The summed E-state index contributed by atoms with van der Waals surface area (Å²) < 4.78 is 0. The predicted molar refractivity (Wildman–Crippen MR) is 84.9 cm³/mol. The van der Waals surface area contributed by atoms with Crippen LogP contribution in [0.5, 0.6) is 0 Å². The summed E-state index contributed by atoms with van der Waals surface area (Å²) in [5.41, 5.74) is 1.84. The lowest BCUT2D eigenvalue weighted by Gasteiger charge is -2.08. The molecule has 3 N–H and O–H groups in total. The maximum absolute atomic E-state index is 4.49. The van der Waals surface area contributed by atoms with Crippen LogP contribution >= 0.6 is 11.3 Å². The van der Waals surface area contributed by atoms with E-state index in [0.29, 0.717) is 5.95 Å². The number of aromatic amines is 1. The van der Waals surface area contributed by atoms with Crippen LogP contribution in [0.4, 0.5) is 11.8 Å². The molecule has 0 radical (unpaired) electrons. The van der Waals surface area contributed by atoms with Gasteiger partial charge in [0.2, 0.25) is 5.95 Å². The van der Waals surface area contributed by atoms with Gasteiger partial charge in [-0.2, -0.15) is 15.1 Å². The first kappa shape index (κ1) is 13.7. The average molecular weight is 303 g/mol. The maximum Gasteiger partial charge on any atom is 0.226 e. The largest absolute Gasteiger partial charge is 0.369 e. The number of hydrogen-bond donors (Lipinski definition) is 3. The Hall–Kier alpha value is -2.22. The third kappa shape index (κ3) is 3.10. The average Bonchev–Trinajstić information content (AvgIpc) is 3.08. The van der Waals surface area contributed by atoms with Crippen molar-refractivity contribution in [2.45, 2.75) is 20.3 Å². The number of thiazole rings is 1. The van der Waals surface area contributed by atoms with E-state index in [9.17, 15) is 0 Å². The lowest BCUT2D eigenvalue weighted by molar-refractivity contribution is 0.960. The first-order valence-corrected chi connectivity index (χ1v) is 7.74. The van der Waals surface area contributed by atoms with Gasteiger partial charge in [0, 0.05) is 24.9 Å². The van der Waals surface area contributed by atoms with Gasteiger partial charge in [-0.1, -0.05) is 0 Å². The van der Waals surface area contributed by atoms with Crippen molar-refractivity contribution in [1.82, 2.24) is 25.1 Å². The van der Waals surface area contributed by atoms with E-state index in [-0.39, 0.29) is 0 Å². The van der Waals surface area contributed by atoms with Gasteiger partial charge in [-0.15, -0.1) is 11.3 Å². The van der Waals surface area contributed by atoms with Crippen LogP contribution in [0.1, 0.15) is 17.6 Å². The summed E-state index contributed by atoms with van der Waals surface area (Å²) in [6, 6.07) is 0. The van der Waals surface area contributed by atoms with Crippen molar-refractivity contribution in [2.24, 2.45) is 0 Å². The Morgan fingerprint density at radius 1 is 1.24 bits per heavy atom. The van der Waals surface area contributed by atoms with Gasteiger partial charge in [0.25, 0.3) is 0 Å². The van der Waals surface area contributed by atoms with Crippen LogP contribution in [0, 0.1) is 6.92 Å². The van der Waals surface area contributed by atoms with E-state index >= 15 is 0 Å². The summed E-state index contributed by atoms with van der Waals surface area (Å²) in [5.74, 6) is 1.39. The maximum atomic E-state index is 4.49. The third-order valence-corrected chi connectivity index (χ3v) is 3.81. The van der Waals surface area contributed by atoms with E-state index in [1.54, 1.807) is 17.5 Å². The first-order valence-electron chi connectivity index (χ1n) is 6.86. The van der Waals surface area contributed by atoms with Gasteiger partial charge >= 0.3 is 0 Å². The Labute approximate surface area is 126 Å². The third-order valence-electron chi connectivity index (χ3n) is 2.98. The number of hydrogen-bond acceptors (Lipinski definition) is 7. The van der Waals surface area contributed by atoms with Crippen molar-refractivity contribution in [3.63, 3.8) is 0 Å². The molecule has 0 spiro atoms. The fourth-order valence-corrected chi connectivity index (χ4v) is 2.69. The number of aromatic nitrogens is 5. The fraction of sp³-hybridized carbons (Fsp3) is 0.385. The molecule has 0 saturated carbocycles. The molecule has 3 rings (SSSR count). The Morgan fingerprint density at radius 2 is 2.14 bits per heavy atom. The van der Waals surface area contributed by atoms with Crippen LogP contribution in [0.15, 0.2) is 11.6 Å². The number of aryl methyl sites for hydroxylation is 1. The highest BCUT2D eigenvalue weighted by Gasteiger charge is 2.09. The summed E-state index contributed by atoms with van der Waals surface area (Å²) in [5, 5.41) is 17.5. The van der Waals surface area contributed by atoms with Crippen LogP contribution in [0.25, 0.3) is 11.0 Å². The van der Waals surface area contributed by atoms with Crippen molar-refractivity contribution >= 4 is 34.1 Å². The Kier molecular flexibility index (Phi) is 3.96. The molecule has 0 bridgehead atoms. The summed E-state index contributed by atoms with van der Waals surface area (Å²) in [7, 11) is 0. The Morgan fingerprint density at radius 3 is 2.90 bits per heavy atom. The number of fused-ring (bicyclic) bond motifs is 1. The second-order valence-electron chi connectivity index (χ2n) is 4.59. The molecule has 3 aromatic heterocycles. The normalized spacial score (nSPS) is 11.0. The SMILES string of the molecule is CCNc1nc(NCCc2csc(C)n2)c2cn[nH]c2n1. The molecular weight excluding hydrogens is 286 g/mol. The Balaban J connectivity index is 1.74. The van der Waals surface area contributed by atoms with Gasteiger partial charge in [0.15, 0.2) is 5.65 Å². The minimum absolute atomic E-state index is 0.598. The number of rotatable bonds is 6. The Bertz CT molecular complexity index is 733. The molecule has 0 aromatic carbocycles. The highest BCUT2D eigenvalue weighted by atomic mass is 32.1. The summed E-state index contributed by atoms with van der Waals surface area (Å²) in [6.45, 7) is 5.57. The second-order valence-corrected chi connectivity index (χ2v) is 5.66. The van der Waals surface area contributed by atoms with Crippen LogP contribution in [-0.4, -0.2) is 38.2 Å². The molecule has 21 heavy (non-hydrogen) atoms. The number of H-pyrrole nitrogens is 1. The number of nitrogens with zero attached hydrogens (tertiary/aromatic N) is 4. The first-order chi connectivity index (χ1) is 10.3. The van der Waals surface area contributed by atoms with E-state index in [2.05, 4.69) is 41.2 Å². The second kappa shape index (κ2) is 6.04. The van der Waals surface area contributed by atoms with Crippen LogP contribution < -0.4 is 10.6 Å². The fourth-order valence-electron chi connectivity index (χ4n) is 2.04. The predicted octanol–water partition coefficient (Wildman–Crippen LogP) is 2.20. The van der Waals surface area contributed by atoms with Gasteiger partial charge in [-0.25, -0.2) is 4.98 Å². The highest BCUT2D eigenvalue weighted by Crippen LogP contribution is 2.20. The lowest BCUT2D eigenvalue weighted by Crippen LogP contribution is -2.09. The van der Waals surface area contributed by atoms with E-state index in [1.807, 2.05) is 13.8 Å². The highest BCUT2D eigenvalue weighted by molar-refractivity contribution is 7.09. The molecule has 110 valence electrons. The van der Waals surface area contributed by atoms with Crippen molar-refractivity contribution < 1.29 is 0 Å². The zero-order valence-corrected chi connectivity index (χ0v) is 12.8. The van der Waals surface area contributed by atoms with E-state index in [4.69, 9.17) is 0 Å². The monoisotopic (exact) mass is 303 g/mol. The van der Waals surface area contributed by atoms with Crippen LogP contribution in [0.3, 0.4) is 0 Å². The minimum Gasteiger partial charge on any atom is -0.369 e. The zero-order chi connectivity index (χ0) is 14.7. The smallest absolute Gasteiger partial charge is 0.226 e. The van der Waals surface area contributed by atoms with E-state index < -0.39 is 0 Å².